The molecule has 0 radical (unpaired) electrons. The second-order valence-electron chi connectivity index (χ2n) is 7.65. The van der Waals surface area contributed by atoms with Gasteiger partial charge in [0.05, 0.1) is 0 Å². The number of likely N-dealkylation sites (tertiary alicyclic amines) is 1. The first-order chi connectivity index (χ1) is 12.8. The first kappa shape index (κ1) is 23.5. The number of hydrogen-bond acceptors (Lipinski definition) is 3. The number of nitrogens with zero attached hydrogens (tertiary/aromatic N) is 1. The summed E-state index contributed by atoms with van der Waals surface area (Å²) >= 11 is 2.14. The zero-order valence-corrected chi connectivity index (χ0v) is 17.9. The summed E-state index contributed by atoms with van der Waals surface area (Å²) in [5.41, 5.74) is 0. The van der Waals surface area contributed by atoms with E-state index >= 15 is 0 Å². The fourth-order valence-electron chi connectivity index (χ4n) is 3.49. The predicted octanol–water partition coefficient (Wildman–Crippen LogP) is 6.35. The van der Waals surface area contributed by atoms with Crippen LogP contribution in [0.25, 0.3) is 0 Å². The molecular weight excluding hydrogens is 342 g/mol. The van der Waals surface area contributed by atoms with Crippen LogP contribution in [0.2, 0.25) is 0 Å². The van der Waals surface area contributed by atoms with Gasteiger partial charge in [-0.2, -0.15) is 11.8 Å². The Kier molecular flexibility index (Phi) is 15.1. The van der Waals surface area contributed by atoms with Gasteiger partial charge in [0.2, 0.25) is 11.8 Å². The van der Waals surface area contributed by atoms with Crippen LogP contribution in [-0.4, -0.2) is 34.8 Å². The summed E-state index contributed by atoms with van der Waals surface area (Å²) in [6.07, 6.45) is 19.4. The molecule has 0 saturated carbocycles. The number of carbonyl (C=O) groups excluding carboxylic acids is 2. The Bertz CT molecular complexity index is 357. The van der Waals surface area contributed by atoms with E-state index in [1.54, 1.807) is 0 Å². The van der Waals surface area contributed by atoms with E-state index < -0.39 is 0 Å². The fourth-order valence-corrected chi connectivity index (χ4v) is 4.51. The van der Waals surface area contributed by atoms with E-state index in [2.05, 4.69) is 18.7 Å². The lowest BCUT2D eigenvalue weighted by molar-refractivity contribution is -0.138. The maximum Gasteiger partial charge on any atom is 0.229 e. The van der Waals surface area contributed by atoms with E-state index in [1.807, 2.05) is 0 Å². The SMILES string of the molecule is CCCCCCCCSCCCCCCCCCCN1C(=O)CCC1=O. The number of amides is 2. The molecular formula is C22H41NO2S. The number of unbranched alkanes of at least 4 members (excludes halogenated alkanes) is 12. The maximum atomic E-state index is 11.5. The number of rotatable bonds is 18. The average Bonchev–Trinajstić information content (AvgIpc) is 2.96. The first-order valence-electron chi connectivity index (χ1n) is 11.2. The predicted molar refractivity (Wildman–Crippen MR) is 114 cm³/mol. The Morgan fingerprint density at radius 3 is 1.58 bits per heavy atom. The van der Waals surface area contributed by atoms with Crippen molar-refractivity contribution in [3.05, 3.63) is 0 Å². The second kappa shape index (κ2) is 16.6. The number of imide groups is 1. The zero-order chi connectivity index (χ0) is 18.9. The van der Waals surface area contributed by atoms with E-state index in [0.29, 0.717) is 19.4 Å². The van der Waals surface area contributed by atoms with Gasteiger partial charge in [-0.25, -0.2) is 0 Å². The van der Waals surface area contributed by atoms with E-state index in [4.69, 9.17) is 0 Å². The molecule has 2 amide bonds. The molecule has 0 atom stereocenters. The van der Waals surface area contributed by atoms with E-state index in [9.17, 15) is 9.59 Å². The topological polar surface area (TPSA) is 37.4 Å². The van der Waals surface area contributed by atoms with Crippen molar-refractivity contribution in [3.8, 4) is 0 Å². The van der Waals surface area contributed by atoms with Crippen LogP contribution in [0, 0.1) is 0 Å². The van der Waals surface area contributed by atoms with Gasteiger partial charge < -0.3 is 0 Å². The van der Waals surface area contributed by atoms with Crippen LogP contribution in [0.4, 0.5) is 0 Å². The molecule has 4 heteroatoms. The minimum atomic E-state index is 0.0318. The highest BCUT2D eigenvalue weighted by atomic mass is 32.2. The summed E-state index contributed by atoms with van der Waals surface area (Å²) in [7, 11) is 0. The summed E-state index contributed by atoms with van der Waals surface area (Å²) < 4.78 is 0. The molecule has 26 heavy (non-hydrogen) atoms. The van der Waals surface area contributed by atoms with Crippen LogP contribution in [0.1, 0.15) is 110 Å². The fraction of sp³-hybridized carbons (Fsp3) is 0.909. The Morgan fingerprint density at radius 1 is 0.654 bits per heavy atom. The van der Waals surface area contributed by atoms with Crippen molar-refractivity contribution in [1.29, 1.82) is 0 Å². The lowest BCUT2D eigenvalue weighted by atomic mass is 10.1. The smallest absolute Gasteiger partial charge is 0.229 e. The summed E-state index contributed by atoms with van der Waals surface area (Å²) in [5.74, 6) is 2.76. The summed E-state index contributed by atoms with van der Waals surface area (Å²) in [6, 6.07) is 0. The van der Waals surface area contributed by atoms with Gasteiger partial charge in [-0.15, -0.1) is 0 Å². The minimum absolute atomic E-state index is 0.0318. The van der Waals surface area contributed by atoms with E-state index in [-0.39, 0.29) is 11.8 Å². The van der Waals surface area contributed by atoms with Crippen molar-refractivity contribution in [2.45, 2.75) is 110 Å². The third-order valence-corrected chi connectivity index (χ3v) is 6.37. The second-order valence-corrected chi connectivity index (χ2v) is 8.87. The molecule has 0 aromatic carbocycles. The third-order valence-electron chi connectivity index (χ3n) is 5.22. The molecule has 1 aliphatic heterocycles. The van der Waals surface area contributed by atoms with Crippen molar-refractivity contribution < 1.29 is 9.59 Å². The van der Waals surface area contributed by atoms with Gasteiger partial charge >= 0.3 is 0 Å². The van der Waals surface area contributed by atoms with Crippen LogP contribution in [0.15, 0.2) is 0 Å². The lowest BCUT2D eigenvalue weighted by Gasteiger charge is -2.13. The van der Waals surface area contributed by atoms with Crippen molar-refractivity contribution >= 4 is 23.6 Å². The molecule has 1 rings (SSSR count). The standard InChI is InChI=1S/C22H41NO2S/c1-2-3-4-5-11-14-19-26-20-15-12-9-7-6-8-10-13-18-23-21(24)16-17-22(23)25/h2-20H2,1H3. The molecule has 0 aromatic rings. The molecule has 0 N–H and O–H groups in total. The summed E-state index contributed by atoms with van der Waals surface area (Å²) in [6.45, 7) is 2.92. The van der Waals surface area contributed by atoms with Crippen LogP contribution in [-0.2, 0) is 9.59 Å². The molecule has 152 valence electrons. The van der Waals surface area contributed by atoms with E-state index in [1.165, 1.54) is 93.5 Å². The zero-order valence-electron chi connectivity index (χ0n) is 17.1. The molecule has 1 aliphatic rings. The molecule has 0 unspecified atom stereocenters. The molecule has 0 bridgehead atoms. The molecule has 0 aromatic heterocycles. The Labute approximate surface area is 166 Å². The van der Waals surface area contributed by atoms with Gasteiger partial charge in [-0.05, 0) is 30.8 Å². The highest BCUT2D eigenvalue weighted by molar-refractivity contribution is 7.99. The number of thioether (sulfide) groups is 1. The Hall–Kier alpha value is -0.510. The van der Waals surface area contributed by atoms with Crippen molar-refractivity contribution in [3.63, 3.8) is 0 Å². The molecule has 3 nitrogen and oxygen atoms in total. The van der Waals surface area contributed by atoms with Crippen molar-refractivity contribution in [1.82, 2.24) is 4.90 Å². The normalized spacial score (nSPS) is 14.6. The number of carbonyl (C=O) groups is 2. The van der Waals surface area contributed by atoms with Crippen LogP contribution in [0.3, 0.4) is 0 Å². The van der Waals surface area contributed by atoms with Gasteiger partial charge in [0.1, 0.15) is 0 Å². The molecule has 0 aliphatic carbocycles. The van der Waals surface area contributed by atoms with E-state index in [0.717, 1.165) is 12.8 Å². The maximum absolute atomic E-state index is 11.5. The van der Waals surface area contributed by atoms with Crippen LogP contribution < -0.4 is 0 Å². The van der Waals surface area contributed by atoms with Crippen molar-refractivity contribution in [2.75, 3.05) is 18.1 Å². The average molecular weight is 384 g/mol. The molecule has 1 heterocycles. The highest BCUT2D eigenvalue weighted by Crippen LogP contribution is 2.15. The monoisotopic (exact) mass is 383 g/mol. The largest absolute Gasteiger partial charge is 0.283 e. The number of hydrogen-bond donors (Lipinski definition) is 0. The minimum Gasteiger partial charge on any atom is -0.283 e. The highest BCUT2D eigenvalue weighted by Gasteiger charge is 2.27. The molecule has 1 fully saturated rings. The van der Waals surface area contributed by atoms with Gasteiger partial charge in [0.25, 0.3) is 0 Å². The van der Waals surface area contributed by atoms with Gasteiger partial charge in [-0.1, -0.05) is 77.6 Å². The van der Waals surface area contributed by atoms with Crippen LogP contribution in [0.5, 0.6) is 0 Å². The third kappa shape index (κ3) is 12.0. The van der Waals surface area contributed by atoms with Crippen LogP contribution >= 0.6 is 11.8 Å². The van der Waals surface area contributed by atoms with Gasteiger partial charge in [0.15, 0.2) is 0 Å². The van der Waals surface area contributed by atoms with Gasteiger partial charge in [-0.3, -0.25) is 14.5 Å². The molecule has 0 spiro atoms. The summed E-state index contributed by atoms with van der Waals surface area (Å²) in [4.78, 5) is 24.4. The lowest BCUT2D eigenvalue weighted by Crippen LogP contribution is -2.29. The molecule has 1 saturated heterocycles. The van der Waals surface area contributed by atoms with Gasteiger partial charge in [0, 0.05) is 19.4 Å². The first-order valence-corrected chi connectivity index (χ1v) is 12.3. The van der Waals surface area contributed by atoms with Crippen molar-refractivity contribution in [2.24, 2.45) is 0 Å². The quantitative estimate of drug-likeness (QED) is 0.204. The summed E-state index contributed by atoms with van der Waals surface area (Å²) in [5, 5.41) is 0. The Balaban J connectivity index is 1.72. The Morgan fingerprint density at radius 2 is 1.08 bits per heavy atom.